The van der Waals surface area contributed by atoms with Crippen molar-refractivity contribution in [3.63, 3.8) is 0 Å². The van der Waals surface area contributed by atoms with Crippen molar-refractivity contribution in [2.45, 2.75) is 0 Å². The minimum Gasteiger partial charge on any atom is -0.616 e. The standard InChI is InChI=1S/C5H11O5P.Na/c1-8-5(6)4-11(7,9-2)10-3;/h4,6H,1-3H3;/q;+1/p-1/b5-4-;. The van der Waals surface area contributed by atoms with E-state index in [1.165, 1.54) is 21.3 Å². The first kappa shape index (κ1) is 15.0. The van der Waals surface area contributed by atoms with Crippen molar-refractivity contribution in [2.24, 2.45) is 0 Å². The predicted molar refractivity (Wildman–Crippen MR) is 36.7 cm³/mol. The predicted octanol–water partition coefficient (Wildman–Crippen LogP) is -2.72. The Morgan fingerprint density at radius 2 is 1.75 bits per heavy atom. The van der Waals surface area contributed by atoms with Crippen molar-refractivity contribution in [1.29, 1.82) is 0 Å². The van der Waals surface area contributed by atoms with Crippen LogP contribution in [0.25, 0.3) is 0 Å². The van der Waals surface area contributed by atoms with Gasteiger partial charge in [0.2, 0.25) is 0 Å². The molecule has 0 aromatic rings. The summed E-state index contributed by atoms with van der Waals surface area (Å²) >= 11 is 0. The molecule has 0 aliphatic rings. The summed E-state index contributed by atoms with van der Waals surface area (Å²) in [5.41, 5.74) is 0. The van der Waals surface area contributed by atoms with Crippen LogP contribution in [0.3, 0.4) is 0 Å². The molecular formula is C5H10NaO5P. The zero-order chi connectivity index (χ0) is 8.91. The summed E-state index contributed by atoms with van der Waals surface area (Å²) in [5, 5.41) is 10.5. The van der Waals surface area contributed by atoms with E-state index in [4.69, 9.17) is 0 Å². The molecule has 0 saturated heterocycles. The van der Waals surface area contributed by atoms with E-state index in [0.29, 0.717) is 0 Å². The van der Waals surface area contributed by atoms with Gasteiger partial charge in [-0.25, -0.2) is 0 Å². The van der Waals surface area contributed by atoms with Gasteiger partial charge in [-0.2, -0.15) is 0 Å². The Labute approximate surface area is 93.5 Å². The van der Waals surface area contributed by atoms with Crippen LogP contribution in [-0.4, -0.2) is 21.3 Å². The Kier molecular flexibility index (Phi) is 8.68. The Bertz CT molecular complexity index is 184. The van der Waals surface area contributed by atoms with Gasteiger partial charge < -0.3 is 18.9 Å². The van der Waals surface area contributed by atoms with E-state index in [-0.39, 0.29) is 29.6 Å². The molecule has 0 fully saturated rings. The average molecular weight is 204 g/mol. The zero-order valence-electron chi connectivity index (χ0n) is 7.57. The molecule has 0 saturated carbocycles. The fraction of sp³-hybridized carbons (Fsp3) is 0.600. The van der Waals surface area contributed by atoms with Gasteiger partial charge in [0.25, 0.3) is 0 Å². The van der Waals surface area contributed by atoms with Gasteiger partial charge in [0.05, 0.1) is 5.95 Å². The molecule has 12 heavy (non-hydrogen) atoms. The van der Waals surface area contributed by atoms with Gasteiger partial charge in [-0.3, -0.25) is 4.57 Å². The SMILES string of the molecule is CO/C([O-])=C\P(=O)(OC)OC.[Na+]. The monoisotopic (exact) mass is 204 g/mol. The third kappa shape index (κ3) is 5.19. The topological polar surface area (TPSA) is 67.8 Å². The van der Waals surface area contributed by atoms with Crippen molar-refractivity contribution < 1.29 is 53.0 Å². The van der Waals surface area contributed by atoms with E-state index in [9.17, 15) is 9.67 Å². The molecule has 66 valence electrons. The van der Waals surface area contributed by atoms with Crippen LogP contribution < -0.4 is 34.7 Å². The Hall–Kier alpha value is 0.490. The van der Waals surface area contributed by atoms with E-state index in [2.05, 4.69) is 13.8 Å². The summed E-state index contributed by atoms with van der Waals surface area (Å²) in [6.45, 7) is 0. The molecule has 0 radical (unpaired) electrons. The van der Waals surface area contributed by atoms with Crippen LogP contribution in [0.1, 0.15) is 0 Å². The number of ether oxygens (including phenoxy) is 1. The van der Waals surface area contributed by atoms with Gasteiger partial charge in [-0.15, -0.1) is 0 Å². The van der Waals surface area contributed by atoms with Crippen LogP contribution >= 0.6 is 7.60 Å². The van der Waals surface area contributed by atoms with Crippen molar-refractivity contribution in [2.75, 3.05) is 21.3 Å². The van der Waals surface area contributed by atoms with Crippen LogP contribution in [0.5, 0.6) is 0 Å². The first-order valence-corrected chi connectivity index (χ1v) is 4.34. The molecule has 0 rings (SSSR count). The molecular weight excluding hydrogens is 194 g/mol. The minimum absolute atomic E-state index is 0. The number of methoxy groups -OCH3 is 1. The minimum atomic E-state index is -3.35. The van der Waals surface area contributed by atoms with Gasteiger partial charge in [0.15, 0.2) is 0 Å². The Morgan fingerprint density at radius 1 is 1.33 bits per heavy atom. The Morgan fingerprint density at radius 3 is 2.00 bits per heavy atom. The molecule has 0 aromatic carbocycles. The number of hydrogen-bond donors (Lipinski definition) is 0. The second-order valence-electron chi connectivity index (χ2n) is 1.56. The second-order valence-corrected chi connectivity index (χ2v) is 3.63. The van der Waals surface area contributed by atoms with Gasteiger partial charge in [0, 0.05) is 20.0 Å². The first-order chi connectivity index (χ1) is 5.08. The van der Waals surface area contributed by atoms with Crippen LogP contribution in [0.2, 0.25) is 0 Å². The van der Waals surface area contributed by atoms with Gasteiger partial charge in [0.1, 0.15) is 0 Å². The molecule has 0 aliphatic carbocycles. The summed E-state index contributed by atoms with van der Waals surface area (Å²) in [7, 11) is 0.190. The van der Waals surface area contributed by atoms with Crippen molar-refractivity contribution >= 4 is 7.60 Å². The summed E-state index contributed by atoms with van der Waals surface area (Å²) in [4.78, 5) is 0. The normalized spacial score (nSPS) is 12.1. The summed E-state index contributed by atoms with van der Waals surface area (Å²) in [6, 6.07) is 0. The molecule has 0 bridgehead atoms. The largest absolute Gasteiger partial charge is 1.00 e. The third-order valence-electron chi connectivity index (χ3n) is 0.974. The molecule has 0 atom stereocenters. The van der Waals surface area contributed by atoms with E-state index in [0.717, 1.165) is 5.82 Å². The first-order valence-electron chi connectivity index (χ1n) is 2.73. The maximum Gasteiger partial charge on any atom is 1.00 e. The molecule has 0 spiro atoms. The van der Waals surface area contributed by atoms with Gasteiger partial charge in [-0.05, 0) is 7.11 Å². The quantitative estimate of drug-likeness (QED) is 0.283. The van der Waals surface area contributed by atoms with Crippen molar-refractivity contribution in [3.05, 3.63) is 11.8 Å². The molecule has 5 nitrogen and oxygen atoms in total. The molecule has 0 amide bonds. The fourth-order valence-electron chi connectivity index (χ4n) is 0.362. The van der Waals surface area contributed by atoms with Crippen LogP contribution in [0, 0.1) is 0 Å². The second kappa shape index (κ2) is 6.95. The number of rotatable bonds is 4. The van der Waals surface area contributed by atoms with Gasteiger partial charge in [-0.1, -0.05) is 0 Å². The maximum absolute atomic E-state index is 11.1. The molecule has 0 unspecified atom stereocenters. The number of hydrogen-bond acceptors (Lipinski definition) is 5. The van der Waals surface area contributed by atoms with Crippen molar-refractivity contribution in [1.82, 2.24) is 0 Å². The summed E-state index contributed by atoms with van der Waals surface area (Å²) < 4.78 is 24.2. The third-order valence-corrected chi connectivity index (χ3v) is 2.52. The van der Waals surface area contributed by atoms with Crippen LogP contribution in [0.4, 0.5) is 0 Å². The van der Waals surface area contributed by atoms with Gasteiger partial charge >= 0.3 is 37.2 Å². The molecule has 0 aliphatic heterocycles. The van der Waals surface area contributed by atoms with E-state index in [1.54, 1.807) is 0 Å². The van der Waals surface area contributed by atoms with E-state index in [1.807, 2.05) is 0 Å². The van der Waals surface area contributed by atoms with Crippen LogP contribution in [-0.2, 0) is 18.3 Å². The average Bonchev–Trinajstić information content (AvgIpc) is 2.04. The van der Waals surface area contributed by atoms with Crippen LogP contribution in [0.15, 0.2) is 11.8 Å². The van der Waals surface area contributed by atoms with Crippen molar-refractivity contribution in [3.8, 4) is 0 Å². The van der Waals surface area contributed by atoms with E-state index >= 15 is 0 Å². The Balaban J connectivity index is 0. The maximum atomic E-state index is 11.1. The van der Waals surface area contributed by atoms with E-state index < -0.39 is 13.5 Å². The fourth-order valence-corrected chi connectivity index (χ4v) is 1.09. The zero-order valence-corrected chi connectivity index (χ0v) is 10.5. The molecule has 0 aromatic heterocycles. The molecule has 0 N–H and O–H groups in total. The smallest absolute Gasteiger partial charge is 0.616 e. The molecule has 0 heterocycles. The summed E-state index contributed by atoms with van der Waals surface area (Å²) in [5.74, 6) is 0.0320. The molecule has 7 heteroatoms. The summed E-state index contributed by atoms with van der Waals surface area (Å²) in [6.07, 6.45) is 0.